The highest BCUT2D eigenvalue weighted by molar-refractivity contribution is 5.79. The van der Waals surface area contributed by atoms with Crippen LogP contribution in [0.3, 0.4) is 0 Å². The summed E-state index contributed by atoms with van der Waals surface area (Å²) >= 11 is 0. The maximum atomic E-state index is 12.5. The molecule has 1 fully saturated rings. The molecule has 0 amide bonds. The number of rotatable bonds is 2. The first-order valence-electron chi connectivity index (χ1n) is 5.74. The first-order chi connectivity index (χ1) is 8.36. The average Bonchev–Trinajstić information content (AvgIpc) is 2.83. The lowest BCUT2D eigenvalue weighted by atomic mass is 10.0. The Kier molecular flexibility index (Phi) is 2.26. The van der Waals surface area contributed by atoms with E-state index in [2.05, 4.69) is 0 Å². The van der Waals surface area contributed by atoms with Crippen LogP contribution in [0.15, 0.2) is 28.7 Å². The topological polar surface area (TPSA) is 39.2 Å². The molecule has 1 aromatic carbocycles. The number of hydrogen-bond acceptors (Lipinski definition) is 2. The minimum atomic E-state index is -4.44. The van der Waals surface area contributed by atoms with E-state index >= 15 is 0 Å². The van der Waals surface area contributed by atoms with Crippen LogP contribution in [0.25, 0.3) is 11.0 Å². The number of halogens is 3. The molecule has 5 heteroatoms. The van der Waals surface area contributed by atoms with Gasteiger partial charge < -0.3 is 10.2 Å². The fourth-order valence-corrected chi connectivity index (χ4v) is 2.09. The molecule has 0 bridgehead atoms. The maximum absolute atomic E-state index is 12.5. The van der Waals surface area contributed by atoms with Crippen molar-refractivity contribution in [2.24, 2.45) is 5.73 Å². The van der Waals surface area contributed by atoms with E-state index in [1.165, 1.54) is 0 Å². The molecule has 0 atom stereocenters. The van der Waals surface area contributed by atoms with Gasteiger partial charge in [-0.15, -0.1) is 0 Å². The molecule has 0 spiro atoms. The fraction of sp³-hybridized carbons (Fsp3) is 0.385. The van der Waals surface area contributed by atoms with Gasteiger partial charge in [0.15, 0.2) is 0 Å². The van der Waals surface area contributed by atoms with Gasteiger partial charge in [-0.2, -0.15) is 13.2 Å². The van der Waals surface area contributed by atoms with Crippen LogP contribution in [0, 0.1) is 0 Å². The van der Waals surface area contributed by atoms with Crippen LogP contribution in [0.1, 0.15) is 24.2 Å². The van der Waals surface area contributed by atoms with Crippen LogP contribution < -0.4 is 5.73 Å². The average molecular weight is 255 g/mol. The van der Waals surface area contributed by atoms with Gasteiger partial charge in [-0.3, -0.25) is 0 Å². The lowest BCUT2D eigenvalue weighted by Gasteiger charge is -2.07. The largest absolute Gasteiger partial charge is 0.452 e. The molecule has 0 aliphatic heterocycles. The predicted octanol–water partition coefficient (Wildman–Crippen LogP) is 3.49. The van der Waals surface area contributed by atoms with E-state index in [9.17, 15) is 13.2 Å². The van der Waals surface area contributed by atoms with E-state index in [0.29, 0.717) is 11.8 Å². The zero-order chi connectivity index (χ0) is 13.0. The molecule has 1 heterocycles. The third-order valence-electron chi connectivity index (χ3n) is 3.31. The highest BCUT2D eigenvalue weighted by Crippen LogP contribution is 2.37. The third kappa shape index (κ3) is 2.10. The maximum Gasteiger partial charge on any atom is 0.449 e. The summed E-state index contributed by atoms with van der Waals surface area (Å²) in [7, 11) is 0. The number of benzene rings is 1. The van der Waals surface area contributed by atoms with Gasteiger partial charge in [0.1, 0.15) is 5.58 Å². The summed E-state index contributed by atoms with van der Waals surface area (Å²) in [5.41, 5.74) is 7.06. The van der Waals surface area contributed by atoms with Gasteiger partial charge in [0, 0.05) is 10.9 Å². The first-order valence-corrected chi connectivity index (χ1v) is 5.74. The fourth-order valence-electron chi connectivity index (χ4n) is 2.09. The summed E-state index contributed by atoms with van der Waals surface area (Å²) in [6.45, 7) is 0. The standard InChI is InChI=1S/C13H12F3NO/c14-13(15,16)11-6-9-5-8(1-2-10(9)18-11)7-12(17)3-4-12/h1-2,5-6H,3-4,7,17H2. The van der Waals surface area contributed by atoms with Gasteiger partial charge in [-0.25, -0.2) is 0 Å². The number of fused-ring (bicyclic) bond motifs is 1. The van der Waals surface area contributed by atoms with Crippen molar-refractivity contribution >= 4 is 11.0 Å². The SMILES string of the molecule is NC1(Cc2ccc3oc(C(F)(F)F)cc3c2)CC1. The van der Waals surface area contributed by atoms with Crippen LogP contribution in [-0.2, 0) is 12.6 Å². The zero-order valence-corrected chi connectivity index (χ0v) is 9.55. The molecule has 1 aliphatic carbocycles. The van der Waals surface area contributed by atoms with Crippen molar-refractivity contribution in [2.75, 3.05) is 0 Å². The second kappa shape index (κ2) is 3.51. The Morgan fingerprint density at radius 2 is 1.94 bits per heavy atom. The Bertz CT molecular complexity index is 596. The predicted molar refractivity (Wildman–Crippen MR) is 61.1 cm³/mol. The summed E-state index contributed by atoms with van der Waals surface area (Å²) in [4.78, 5) is 0. The van der Waals surface area contributed by atoms with Crippen molar-refractivity contribution in [3.63, 3.8) is 0 Å². The minimum absolute atomic E-state index is 0.149. The molecule has 96 valence electrons. The van der Waals surface area contributed by atoms with Crippen molar-refractivity contribution in [2.45, 2.75) is 31.0 Å². The Hall–Kier alpha value is -1.49. The van der Waals surface area contributed by atoms with E-state index in [1.54, 1.807) is 18.2 Å². The zero-order valence-electron chi connectivity index (χ0n) is 9.55. The molecule has 2 N–H and O–H groups in total. The van der Waals surface area contributed by atoms with Crippen molar-refractivity contribution in [1.82, 2.24) is 0 Å². The molecule has 3 rings (SSSR count). The molecule has 2 aromatic rings. The van der Waals surface area contributed by atoms with E-state index in [-0.39, 0.29) is 11.1 Å². The van der Waals surface area contributed by atoms with Gasteiger partial charge in [0.2, 0.25) is 5.76 Å². The number of alkyl halides is 3. The normalized spacial score (nSPS) is 18.2. The number of nitrogens with two attached hydrogens (primary N) is 1. The van der Waals surface area contributed by atoms with E-state index in [1.807, 2.05) is 0 Å². The lowest BCUT2D eigenvalue weighted by molar-refractivity contribution is -0.152. The van der Waals surface area contributed by atoms with Gasteiger partial charge in [0.25, 0.3) is 0 Å². The summed E-state index contributed by atoms with van der Waals surface area (Å²) in [5.74, 6) is -0.955. The van der Waals surface area contributed by atoms with Crippen molar-refractivity contribution in [1.29, 1.82) is 0 Å². The summed E-state index contributed by atoms with van der Waals surface area (Å²) < 4.78 is 42.3. The van der Waals surface area contributed by atoms with Crippen molar-refractivity contribution in [3.05, 3.63) is 35.6 Å². The monoisotopic (exact) mass is 255 g/mol. The lowest BCUT2D eigenvalue weighted by Crippen LogP contribution is -2.24. The summed E-state index contributed by atoms with van der Waals surface area (Å²) in [6.07, 6.45) is -1.78. The van der Waals surface area contributed by atoms with Gasteiger partial charge in [0.05, 0.1) is 0 Å². The van der Waals surface area contributed by atoms with E-state index in [0.717, 1.165) is 24.5 Å². The molecule has 0 saturated heterocycles. The van der Waals surface area contributed by atoms with Crippen molar-refractivity contribution in [3.8, 4) is 0 Å². The van der Waals surface area contributed by atoms with Crippen LogP contribution >= 0.6 is 0 Å². The molecule has 2 nitrogen and oxygen atoms in total. The minimum Gasteiger partial charge on any atom is -0.452 e. The molecular weight excluding hydrogens is 243 g/mol. The molecule has 1 aromatic heterocycles. The highest BCUT2D eigenvalue weighted by Gasteiger charge is 2.38. The first kappa shape index (κ1) is 11.6. The van der Waals surface area contributed by atoms with Crippen LogP contribution in [-0.4, -0.2) is 5.54 Å². The highest BCUT2D eigenvalue weighted by atomic mass is 19.4. The second-order valence-corrected chi connectivity index (χ2v) is 5.02. The van der Waals surface area contributed by atoms with E-state index < -0.39 is 11.9 Å². The number of furan rings is 1. The van der Waals surface area contributed by atoms with Gasteiger partial charge >= 0.3 is 6.18 Å². The van der Waals surface area contributed by atoms with Crippen LogP contribution in [0.4, 0.5) is 13.2 Å². The molecule has 0 unspecified atom stereocenters. The number of hydrogen-bond donors (Lipinski definition) is 1. The van der Waals surface area contributed by atoms with Crippen LogP contribution in [0.5, 0.6) is 0 Å². The van der Waals surface area contributed by atoms with Crippen LogP contribution in [0.2, 0.25) is 0 Å². The second-order valence-electron chi connectivity index (χ2n) is 5.02. The van der Waals surface area contributed by atoms with Gasteiger partial charge in [-0.05, 0) is 43.0 Å². The summed E-state index contributed by atoms with van der Waals surface area (Å²) in [6, 6.07) is 6.11. The Morgan fingerprint density at radius 3 is 2.56 bits per heavy atom. The Morgan fingerprint density at radius 1 is 1.22 bits per heavy atom. The quantitative estimate of drug-likeness (QED) is 0.892. The summed E-state index contributed by atoms with van der Waals surface area (Å²) in [5, 5.41) is 0.476. The molecule has 1 aliphatic rings. The Balaban J connectivity index is 1.96. The molecule has 0 radical (unpaired) electrons. The third-order valence-corrected chi connectivity index (χ3v) is 3.31. The Labute approximate surface area is 102 Å². The van der Waals surface area contributed by atoms with E-state index in [4.69, 9.17) is 10.2 Å². The van der Waals surface area contributed by atoms with Gasteiger partial charge in [-0.1, -0.05) is 6.07 Å². The molecule has 1 saturated carbocycles. The van der Waals surface area contributed by atoms with Crippen molar-refractivity contribution < 1.29 is 17.6 Å². The molecule has 18 heavy (non-hydrogen) atoms. The molecular formula is C13H12F3NO. The smallest absolute Gasteiger partial charge is 0.449 e.